The van der Waals surface area contributed by atoms with E-state index >= 15 is 0 Å². The van der Waals surface area contributed by atoms with Crippen molar-refractivity contribution in [1.82, 2.24) is 14.7 Å². The van der Waals surface area contributed by atoms with Crippen molar-refractivity contribution in [2.75, 3.05) is 0 Å². The normalized spacial score (nSPS) is 13.8. The number of hydrogen-bond donors (Lipinski definition) is 1. The van der Waals surface area contributed by atoms with E-state index in [4.69, 9.17) is 16.7 Å². The third-order valence-corrected chi connectivity index (χ3v) is 3.79. The molecule has 0 aromatic carbocycles. The minimum atomic E-state index is 0.0286. The lowest BCUT2D eigenvalue weighted by Gasteiger charge is -2.24. The number of aromatic amines is 1. The average molecular weight is 279 g/mol. The smallest absolute Gasteiger partial charge is 0.177 e. The summed E-state index contributed by atoms with van der Waals surface area (Å²) in [5.41, 5.74) is 3.25. The first-order valence-electron chi connectivity index (χ1n) is 6.46. The van der Waals surface area contributed by atoms with E-state index in [0.29, 0.717) is 0 Å². The molecule has 2 heterocycles. The number of H-pyrrole nitrogens is 1. The number of nitrogens with zero attached hydrogens (tertiary/aromatic N) is 2. The summed E-state index contributed by atoms with van der Waals surface area (Å²) in [5, 5.41) is 4.04. The summed E-state index contributed by atoms with van der Waals surface area (Å²) in [5.74, 6) is 0.855. The third kappa shape index (κ3) is 2.39. The summed E-state index contributed by atoms with van der Waals surface area (Å²) in [6, 6.07) is 0.110. The van der Waals surface area contributed by atoms with Crippen LogP contribution in [0, 0.1) is 18.6 Å². The molecule has 104 valence electrons. The van der Waals surface area contributed by atoms with E-state index in [9.17, 15) is 0 Å². The fourth-order valence-corrected chi connectivity index (χ4v) is 2.87. The summed E-state index contributed by atoms with van der Waals surface area (Å²) in [4.78, 5) is 3.15. The van der Waals surface area contributed by atoms with E-state index in [1.54, 1.807) is 0 Å². The molecule has 19 heavy (non-hydrogen) atoms. The van der Waals surface area contributed by atoms with E-state index < -0.39 is 0 Å². The Balaban J connectivity index is 2.60. The van der Waals surface area contributed by atoms with Crippen molar-refractivity contribution in [3.63, 3.8) is 0 Å². The Morgan fingerprint density at radius 2 is 2.00 bits per heavy atom. The molecule has 5 heteroatoms. The second kappa shape index (κ2) is 4.63. The summed E-state index contributed by atoms with van der Waals surface area (Å²) < 4.78 is 8.16. The van der Waals surface area contributed by atoms with Gasteiger partial charge >= 0.3 is 0 Å². The molecule has 0 aliphatic rings. The second-order valence-electron chi connectivity index (χ2n) is 6.01. The number of rotatable bonds is 2. The maximum atomic E-state index is 5.43. The Bertz CT molecular complexity index is 623. The first-order valence-corrected chi connectivity index (χ1v) is 6.87. The van der Waals surface area contributed by atoms with Crippen molar-refractivity contribution in [3.05, 3.63) is 33.7 Å². The van der Waals surface area contributed by atoms with E-state index in [1.165, 1.54) is 5.69 Å². The van der Waals surface area contributed by atoms with Crippen molar-refractivity contribution in [2.24, 2.45) is 0 Å². The third-order valence-electron chi connectivity index (χ3n) is 3.47. The predicted molar refractivity (Wildman–Crippen MR) is 78.1 cm³/mol. The van der Waals surface area contributed by atoms with Crippen LogP contribution in [0.5, 0.6) is 0 Å². The highest BCUT2D eigenvalue weighted by Crippen LogP contribution is 2.31. The van der Waals surface area contributed by atoms with Crippen LogP contribution in [0.25, 0.3) is 0 Å². The molecule has 0 radical (unpaired) electrons. The zero-order chi connectivity index (χ0) is 14.4. The van der Waals surface area contributed by atoms with Gasteiger partial charge in [-0.1, -0.05) is 25.9 Å². The van der Waals surface area contributed by atoms with Crippen molar-refractivity contribution in [2.45, 2.75) is 53.0 Å². The monoisotopic (exact) mass is 279 g/mol. The molecule has 1 atom stereocenters. The zero-order valence-corrected chi connectivity index (χ0v) is 13.2. The van der Waals surface area contributed by atoms with Gasteiger partial charge in [0.2, 0.25) is 0 Å². The van der Waals surface area contributed by atoms with Crippen molar-refractivity contribution < 1.29 is 4.52 Å². The van der Waals surface area contributed by atoms with Crippen LogP contribution in [0.4, 0.5) is 0 Å². The van der Waals surface area contributed by atoms with E-state index in [1.807, 2.05) is 20.0 Å². The lowest BCUT2D eigenvalue weighted by molar-refractivity contribution is 0.390. The highest BCUT2D eigenvalue weighted by atomic mass is 32.1. The molecule has 0 saturated carbocycles. The molecule has 4 nitrogen and oxygen atoms in total. The number of hydrogen-bond acceptors (Lipinski definition) is 3. The fourth-order valence-electron chi connectivity index (χ4n) is 2.56. The molecule has 2 rings (SSSR count). The highest BCUT2D eigenvalue weighted by Gasteiger charge is 2.25. The lowest BCUT2D eigenvalue weighted by Crippen LogP contribution is -2.21. The van der Waals surface area contributed by atoms with Crippen LogP contribution in [-0.2, 0) is 5.41 Å². The molecule has 1 N–H and O–H groups in total. The van der Waals surface area contributed by atoms with Crippen LogP contribution < -0.4 is 0 Å². The quantitative estimate of drug-likeness (QED) is 0.843. The molecule has 0 aliphatic carbocycles. The summed E-state index contributed by atoms with van der Waals surface area (Å²) in [6.45, 7) is 12.6. The largest absolute Gasteiger partial charge is 0.361 e. The Morgan fingerprint density at radius 3 is 2.47 bits per heavy atom. The maximum Gasteiger partial charge on any atom is 0.177 e. The van der Waals surface area contributed by atoms with Crippen LogP contribution in [0.3, 0.4) is 0 Å². The standard InChI is InChI=1S/C14H21N3OS/c1-8-12(10(3)18-16-8)9(2)17-11(14(4,5)6)7-15-13(17)19/h7,9H,1-6H3,(H,15,19). The first-order chi connectivity index (χ1) is 8.73. The Labute approximate surface area is 118 Å². The maximum absolute atomic E-state index is 5.43. The van der Waals surface area contributed by atoms with E-state index in [-0.39, 0.29) is 11.5 Å². The Kier molecular flexibility index (Phi) is 3.43. The minimum absolute atomic E-state index is 0.0286. The molecular formula is C14H21N3OS. The van der Waals surface area contributed by atoms with Crippen molar-refractivity contribution in [3.8, 4) is 0 Å². The van der Waals surface area contributed by atoms with Crippen LogP contribution >= 0.6 is 12.2 Å². The fraction of sp³-hybridized carbons (Fsp3) is 0.571. The Morgan fingerprint density at radius 1 is 1.37 bits per heavy atom. The highest BCUT2D eigenvalue weighted by molar-refractivity contribution is 7.71. The predicted octanol–water partition coefficient (Wildman–Crippen LogP) is 4.06. The van der Waals surface area contributed by atoms with Crippen molar-refractivity contribution in [1.29, 1.82) is 0 Å². The van der Waals surface area contributed by atoms with Gasteiger partial charge in [0.05, 0.1) is 11.7 Å². The van der Waals surface area contributed by atoms with Gasteiger partial charge in [-0.3, -0.25) is 0 Å². The molecule has 0 saturated heterocycles. The van der Waals surface area contributed by atoms with Gasteiger partial charge < -0.3 is 14.1 Å². The minimum Gasteiger partial charge on any atom is -0.361 e. The van der Waals surface area contributed by atoms with Gasteiger partial charge in [-0.25, -0.2) is 0 Å². The van der Waals surface area contributed by atoms with Gasteiger partial charge in [0.25, 0.3) is 0 Å². The van der Waals surface area contributed by atoms with E-state index in [0.717, 1.165) is 21.8 Å². The molecule has 0 bridgehead atoms. The number of aryl methyl sites for hydroxylation is 2. The van der Waals surface area contributed by atoms with Gasteiger partial charge in [-0.2, -0.15) is 0 Å². The molecule has 0 fully saturated rings. The summed E-state index contributed by atoms with van der Waals surface area (Å²) >= 11 is 5.43. The van der Waals surface area contributed by atoms with Gasteiger partial charge in [-0.05, 0) is 33.0 Å². The number of nitrogens with one attached hydrogen (secondary N) is 1. The van der Waals surface area contributed by atoms with Gasteiger partial charge in [0.15, 0.2) is 4.77 Å². The molecule has 0 aliphatic heterocycles. The molecular weight excluding hydrogens is 258 g/mol. The lowest BCUT2D eigenvalue weighted by atomic mass is 9.92. The summed E-state index contributed by atoms with van der Waals surface area (Å²) in [7, 11) is 0. The SMILES string of the molecule is Cc1noc(C)c1C(C)n1c(C(C)(C)C)c[nH]c1=S. The molecule has 2 aromatic heterocycles. The first kappa shape index (κ1) is 14.1. The topological polar surface area (TPSA) is 46.8 Å². The molecule has 0 amide bonds. The Hall–Kier alpha value is -1.36. The van der Waals surface area contributed by atoms with E-state index in [2.05, 4.69) is 42.4 Å². The van der Waals surface area contributed by atoms with Crippen LogP contribution in [0.15, 0.2) is 10.7 Å². The van der Waals surface area contributed by atoms with Crippen LogP contribution in [-0.4, -0.2) is 14.7 Å². The zero-order valence-electron chi connectivity index (χ0n) is 12.4. The van der Waals surface area contributed by atoms with Crippen molar-refractivity contribution >= 4 is 12.2 Å². The molecule has 0 spiro atoms. The van der Waals surface area contributed by atoms with Gasteiger partial charge in [0, 0.05) is 22.9 Å². The average Bonchev–Trinajstić information content (AvgIpc) is 2.81. The van der Waals surface area contributed by atoms with Crippen LogP contribution in [0.1, 0.15) is 56.4 Å². The summed E-state index contributed by atoms with van der Waals surface area (Å²) in [6.07, 6.45) is 2.00. The number of aromatic nitrogens is 3. The molecule has 2 aromatic rings. The van der Waals surface area contributed by atoms with Gasteiger partial charge in [-0.15, -0.1) is 0 Å². The van der Waals surface area contributed by atoms with Crippen LogP contribution in [0.2, 0.25) is 0 Å². The van der Waals surface area contributed by atoms with Gasteiger partial charge in [0.1, 0.15) is 5.76 Å². The molecule has 1 unspecified atom stereocenters. The number of imidazole rings is 1. The second-order valence-corrected chi connectivity index (χ2v) is 6.40.